The molecule has 0 fully saturated rings. The zero-order valence-electron chi connectivity index (χ0n) is 14.3. The van der Waals surface area contributed by atoms with Gasteiger partial charge in [0, 0.05) is 66.5 Å². The lowest BCUT2D eigenvalue weighted by molar-refractivity contribution is 0.0888. The molecule has 0 bridgehead atoms. The van der Waals surface area contributed by atoms with Crippen molar-refractivity contribution in [1.82, 2.24) is 14.1 Å². The van der Waals surface area contributed by atoms with Crippen molar-refractivity contribution in [3.8, 4) is 0 Å². The number of carbonyl (C=O) groups is 1. The second-order valence-corrected chi connectivity index (χ2v) is 6.12. The number of imidazole rings is 1. The Balaban J connectivity index is 0.00000104. The van der Waals surface area contributed by atoms with Crippen LogP contribution in [0.1, 0.15) is 28.3 Å². The van der Waals surface area contributed by atoms with E-state index in [0.29, 0.717) is 0 Å². The van der Waals surface area contributed by atoms with Crippen LogP contribution in [-0.4, -0.2) is 30.9 Å². The first-order chi connectivity index (χ1) is 10.7. The molecule has 2 heterocycles. The molecule has 7 heteroatoms. The molecule has 0 amide bonds. The standard InChI is InChI=1S/C18H19N3O.Cl.2H2O/c1-12-19-9-10-21(12)11-13-7-8-16-17(18(13)22)14-5-3-4-6-15(14)20(16)2;;;/h3-6,9-10,13H,7-8,11H2,1-2H3;;2*1H2. The normalized spacial score (nSPS) is 15.8. The van der Waals surface area contributed by atoms with Crippen LogP contribution in [0.2, 0.25) is 0 Å². The molecule has 0 spiro atoms. The van der Waals surface area contributed by atoms with Crippen molar-refractivity contribution in [3.63, 3.8) is 0 Å². The van der Waals surface area contributed by atoms with Gasteiger partial charge in [0.05, 0.1) is 0 Å². The van der Waals surface area contributed by atoms with Crippen LogP contribution in [0.4, 0.5) is 0 Å². The van der Waals surface area contributed by atoms with Gasteiger partial charge in [-0.25, -0.2) is 4.98 Å². The van der Waals surface area contributed by atoms with Gasteiger partial charge in [-0.3, -0.25) is 4.79 Å². The second kappa shape index (κ2) is 7.82. The van der Waals surface area contributed by atoms with Crippen molar-refractivity contribution in [2.75, 3.05) is 0 Å². The second-order valence-electron chi connectivity index (χ2n) is 6.12. The number of fused-ring (bicyclic) bond motifs is 3. The number of Topliss-reactive ketones (excluding diaryl/α,β-unsaturated/α-hetero) is 1. The molecule has 1 radical (unpaired) electrons. The highest BCUT2D eigenvalue weighted by Crippen LogP contribution is 2.34. The van der Waals surface area contributed by atoms with E-state index in [1.54, 1.807) is 6.20 Å². The van der Waals surface area contributed by atoms with Gasteiger partial charge < -0.3 is 20.1 Å². The summed E-state index contributed by atoms with van der Waals surface area (Å²) >= 11 is 0. The predicted molar refractivity (Wildman–Crippen MR) is 99.1 cm³/mol. The van der Waals surface area contributed by atoms with Crippen molar-refractivity contribution in [1.29, 1.82) is 0 Å². The fraction of sp³-hybridized carbons (Fsp3) is 0.333. The fourth-order valence-corrected chi connectivity index (χ4v) is 3.67. The molecule has 1 unspecified atom stereocenters. The highest BCUT2D eigenvalue weighted by atomic mass is 35.5. The van der Waals surface area contributed by atoms with E-state index < -0.39 is 0 Å². The van der Waals surface area contributed by atoms with Crippen LogP contribution in [0.5, 0.6) is 0 Å². The van der Waals surface area contributed by atoms with Gasteiger partial charge in [0.1, 0.15) is 5.82 Å². The molecule has 1 aliphatic carbocycles. The number of hydrogen-bond donors (Lipinski definition) is 0. The quantitative estimate of drug-likeness (QED) is 0.695. The number of hydrogen-bond acceptors (Lipinski definition) is 2. The average molecular weight is 365 g/mol. The average Bonchev–Trinajstić information content (AvgIpc) is 3.05. The first-order valence-corrected chi connectivity index (χ1v) is 7.75. The summed E-state index contributed by atoms with van der Waals surface area (Å²) in [5, 5.41) is 1.09. The molecule has 135 valence electrons. The van der Waals surface area contributed by atoms with E-state index in [-0.39, 0.29) is 35.1 Å². The summed E-state index contributed by atoms with van der Waals surface area (Å²) in [4.78, 5) is 17.3. The van der Waals surface area contributed by atoms with E-state index in [0.717, 1.165) is 41.7 Å². The van der Waals surface area contributed by atoms with Gasteiger partial charge in [-0.2, -0.15) is 0 Å². The minimum Gasteiger partial charge on any atom is -0.412 e. The maximum absolute atomic E-state index is 13.0. The van der Waals surface area contributed by atoms with Gasteiger partial charge in [0.25, 0.3) is 0 Å². The van der Waals surface area contributed by atoms with Gasteiger partial charge >= 0.3 is 0 Å². The van der Waals surface area contributed by atoms with Crippen LogP contribution in [-0.2, 0) is 20.0 Å². The smallest absolute Gasteiger partial charge is 0.170 e. The van der Waals surface area contributed by atoms with E-state index in [1.165, 1.54) is 5.69 Å². The molecule has 0 saturated carbocycles. The van der Waals surface area contributed by atoms with Gasteiger partial charge in [-0.05, 0) is 25.8 Å². The summed E-state index contributed by atoms with van der Waals surface area (Å²) < 4.78 is 4.26. The summed E-state index contributed by atoms with van der Waals surface area (Å²) in [5.41, 5.74) is 3.28. The molecule has 2 aromatic heterocycles. The van der Waals surface area contributed by atoms with Crippen LogP contribution in [0.3, 0.4) is 0 Å². The summed E-state index contributed by atoms with van der Waals surface area (Å²) in [5.74, 6) is 1.30. The van der Waals surface area contributed by atoms with E-state index in [2.05, 4.69) is 33.3 Å². The van der Waals surface area contributed by atoms with E-state index in [4.69, 9.17) is 0 Å². The topological polar surface area (TPSA) is 103 Å². The van der Waals surface area contributed by atoms with Gasteiger partial charge in [0.2, 0.25) is 0 Å². The molecule has 1 aromatic carbocycles. The Labute approximate surface area is 152 Å². The molecule has 4 rings (SSSR count). The highest BCUT2D eigenvalue weighted by Gasteiger charge is 2.32. The molecule has 0 saturated heterocycles. The minimum absolute atomic E-state index is 0. The molecule has 1 aliphatic rings. The van der Waals surface area contributed by atoms with Crippen molar-refractivity contribution in [3.05, 3.63) is 53.7 Å². The molecule has 1 atom stereocenters. The van der Waals surface area contributed by atoms with Gasteiger partial charge in [-0.15, -0.1) is 0 Å². The zero-order chi connectivity index (χ0) is 15.3. The molecule has 4 N–H and O–H groups in total. The Kier molecular flexibility index (Phi) is 6.54. The SMILES string of the molecule is Cc1nccn1CC1CCc2c(c3ccccc3n2C)C1=O.O.O.[Cl]. The molecule has 3 aromatic rings. The molecule has 25 heavy (non-hydrogen) atoms. The Morgan fingerprint density at radius 3 is 2.64 bits per heavy atom. The first-order valence-electron chi connectivity index (χ1n) is 7.75. The molecular weight excluding hydrogens is 342 g/mol. The molecular formula is C18H23ClN3O3. The number of halogens is 1. The summed E-state index contributed by atoms with van der Waals surface area (Å²) in [6.45, 7) is 2.71. The molecule has 0 aliphatic heterocycles. The Hall–Kier alpha value is -2.15. The number of ketones is 1. The third-order valence-electron chi connectivity index (χ3n) is 4.92. The van der Waals surface area contributed by atoms with Crippen LogP contribution in [0.25, 0.3) is 10.9 Å². The third kappa shape index (κ3) is 3.20. The van der Waals surface area contributed by atoms with E-state index >= 15 is 0 Å². The van der Waals surface area contributed by atoms with Crippen molar-refractivity contribution in [2.45, 2.75) is 26.3 Å². The van der Waals surface area contributed by atoms with Crippen LogP contribution in [0, 0.1) is 12.8 Å². The van der Waals surface area contributed by atoms with Crippen molar-refractivity contribution >= 4 is 29.1 Å². The van der Waals surface area contributed by atoms with E-state index in [9.17, 15) is 4.79 Å². The maximum Gasteiger partial charge on any atom is 0.170 e. The number of aryl methyl sites for hydroxylation is 2. The Morgan fingerprint density at radius 2 is 1.96 bits per heavy atom. The fourth-order valence-electron chi connectivity index (χ4n) is 3.67. The first kappa shape index (κ1) is 20.9. The summed E-state index contributed by atoms with van der Waals surface area (Å²) in [7, 11) is 2.06. The highest BCUT2D eigenvalue weighted by molar-refractivity contribution is 6.11. The largest absolute Gasteiger partial charge is 0.412 e. The number of para-hydroxylation sites is 1. The molecule has 6 nitrogen and oxygen atoms in total. The Morgan fingerprint density at radius 1 is 1.24 bits per heavy atom. The lowest BCUT2D eigenvalue weighted by Crippen LogP contribution is -2.27. The van der Waals surface area contributed by atoms with Crippen LogP contribution < -0.4 is 0 Å². The van der Waals surface area contributed by atoms with E-state index in [1.807, 2.05) is 25.3 Å². The third-order valence-corrected chi connectivity index (χ3v) is 4.92. The summed E-state index contributed by atoms with van der Waals surface area (Å²) in [6, 6.07) is 8.21. The van der Waals surface area contributed by atoms with Gasteiger partial charge in [-0.1, -0.05) is 18.2 Å². The predicted octanol–water partition coefficient (Wildman–Crippen LogP) is 2.17. The minimum atomic E-state index is 0. The Bertz CT molecular complexity index is 885. The number of aromatic nitrogens is 3. The summed E-state index contributed by atoms with van der Waals surface area (Å²) in [6.07, 6.45) is 5.63. The number of carbonyl (C=O) groups excluding carboxylic acids is 1. The zero-order valence-corrected chi connectivity index (χ0v) is 15.0. The van der Waals surface area contributed by atoms with Crippen LogP contribution in [0.15, 0.2) is 36.7 Å². The monoisotopic (exact) mass is 364 g/mol. The lowest BCUT2D eigenvalue weighted by Gasteiger charge is -2.23. The maximum atomic E-state index is 13.0. The number of benzene rings is 1. The van der Waals surface area contributed by atoms with Gasteiger partial charge in [0.15, 0.2) is 5.78 Å². The number of rotatable bonds is 2. The van der Waals surface area contributed by atoms with Crippen molar-refractivity contribution in [2.24, 2.45) is 13.0 Å². The van der Waals surface area contributed by atoms with Crippen LogP contribution >= 0.6 is 12.4 Å². The van der Waals surface area contributed by atoms with Crippen molar-refractivity contribution < 1.29 is 15.7 Å². The lowest BCUT2D eigenvalue weighted by atomic mass is 9.85. The number of nitrogens with zero attached hydrogens (tertiary/aromatic N) is 3.